The number of amides is 1. The van der Waals surface area contributed by atoms with E-state index in [0.29, 0.717) is 16.5 Å². The third-order valence-corrected chi connectivity index (χ3v) is 6.46. The molecular formula is C26H30ClN3O. The van der Waals surface area contributed by atoms with Gasteiger partial charge in [-0.2, -0.15) is 5.26 Å². The van der Waals surface area contributed by atoms with Crippen LogP contribution in [0.15, 0.2) is 42.0 Å². The molecule has 0 bridgehead atoms. The molecular weight excluding hydrogens is 406 g/mol. The number of aryl methyl sites for hydroxylation is 1. The molecule has 0 aliphatic carbocycles. The highest BCUT2D eigenvalue weighted by Crippen LogP contribution is 2.45. The molecule has 1 heterocycles. The number of nitrogens with one attached hydrogen (secondary N) is 1. The van der Waals surface area contributed by atoms with Crippen molar-refractivity contribution in [2.24, 2.45) is 0 Å². The van der Waals surface area contributed by atoms with Gasteiger partial charge in [0.15, 0.2) is 0 Å². The van der Waals surface area contributed by atoms with Crippen LogP contribution < -0.4 is 10.2 Å². The number of carbonyl (C=O) groups is 1. The van der Waals surface area contributed by atoms with Gasteiger partial charge in [0.05, 0.1) is 0 Å². The van der Waals surface area contributed by atoms with Gasteiger partial charge in [-0.1, -0.05) is 43.6 Å². The van der Waals surface area contributed by atoms with Crippen molar-refractivity contribution in [3.05, 3.63) is 63.7 Å². The molecule has 1 amide bonds. The zero-order chi connectivity index (χ0) is 22.8. The largest absolute Gasteiger partial charge is 0.366 e. The van der Waals surface area contributed by atoms with Crippen molar-refractivity contribution in [1.82, 2.24) is 0 Å². The van der Waals surface area contributed by atoms with Gasteiger partial charge < -0.3 is 10.2 Å². The number of anilines is 2. The zero-order valence-corrected chi connectivity index (χ0v) is 19.7. The lowest BCUT2D eigenvalue weighted by Gasteiger charge is -2.47. The van der Waals surface area contributed by atoms with Crippen LogP contribution in [0.25, 0.3) is 6.08 Å². The van der Waals surface area contributed by atoms with E-state index in [-0.39, 0.29) is 11.1 Å². The summed E-state index contributed by atoms with van der Waals surface area (Å²) in [7, 11) is 0. The monoisotopic (exact) mass is 435 g/mol. The average molecular weight is 436 g/mol. The molecule has 0 aromatic heterocycles. The molecule has 2 aromatic rings. The highest BCUT2D eigenvalue weighted by molar-refractivity contribution is 6.32. The molecule has 1 aliphatic rings. The van der Waals surface area contributed by atoms with Crippen LogP contribution in [-0.2, 0) is 11.2 Å². The van der Waals surface area contributed by atoms with Gasteiger partial charge in [-0.15, -0.1) is 0 Å². The minimum atomic E-state index is -0.429. The first-order chi connectivity index (χ1) is 14.7. The van der Waals surface area contributed by atoms with Crippen LogP contribution in [0.4, 0.5) is 11.4 Å². The number of halogens is 1. The minimum Gasteiger partial charge on any atom is -0.366 e. The summed E-state index contributed by atoms with van der Waals surface area (Å²) in [6.45, 7) is 11.8. The van der Waals surface area contributed by atoms with Crippen molar-refractivity contribution in [2.45, 2.75) is 58.9 Å². The standard InChI is InChI=1S/C26H30ClN3O/c1-6-18-10-8-9-11-23(18)29-25(31)20(16-28)12-19-13-21-17(3)15-26(4,5)30(7-2)24(21)14-22(19)27/h8-14,17H,6-7,15H2,1-5H3,(H,29,31)/b20-12+. The Hall–Kier alpha value is -2.77. The fourth-order valence-electron chi connectivity index (χ4n) is 4.67. The van der Waals surface area contributed by atoms with Gasteiger partial charge in [-0.25, -0.2) is 0 Å². The van der Waals surface area contributed by atoms with Crippen LogP contribution in [0.1, 0.15) is 63.6 Å². The molecule has 0 saturated heterocycles. The van der Waals surface area contributed by atoms with E-state index >= 15 is 0 Å². The molecule has 1 unspecified atom stereocenters. The Bertz CT molecular complexity index is 1060. The third-order valence-electron chi connectivity index (χ3n) is 6.13. The van der Waals surface area contributed by atoms with Gasteiger partial charge in [-0.3, -0.25) is 4.79 Å². The van der Waals surface area contributed by atoms with Gasteiger partial charge in [0.2, 0.25) is 0 Å². The fourth-order valence-corrected chi connectivity index (χ4v) is 4.89. The molecule has 1 N–H and O–H groups in total. The van der Waals surface area contributed by atoms with E-state index in [1.165, 1.54) is 5.56 Å². The van der Waals surface area contributed by atoms with Gasteiger partial charge in [0.25, 0.3) is 5.91 Å². The molecule has 31 heavy (non-hydrogen) atoms. The van der Waals surface area contributed by atoms with Gasteiger partial charge in [-0.05, 0) is 80.5 Å². The fraction of sp³-hybridized carbons (Fsp3) is 0.385. The number of hydrogen-bond acceptors (Lipinski definition) is 3. The third kappa shape index (κ3) is 4.62. The maximum Gasteiger partial charge on any atom is 0.266 e. The predicted molar refractivity (Wildman–Crippen MR) is 130 cm³/mol. The van der Waals surface area contributed by atoms with Crippen molar-refractivity contribution < 1.29 is 4.79 Å². The number of carbonyl (C=O) groups excluding carboxylic acids is 1. The SMILES string of the molecule is CCc1ccccc1NC(=O)/C(C#N)=C/c1cc2c(cc1Cl)N(CC)C(C)(C)CC2C. The first kappa shape index (κ1) is 22.9. The summed E-state index contributed by atoms with van der Waals surface area (Å²) in [4.78, 5) is 15.2. The van der Waals surface area contributed by atoms with E-state index < -0.39 is 5.91 Å². The van der Waals surface area contributed by atoms with Crippen molar-refractivity contribution in [1.29, 1.82) is 5.26 Å². The highest BCUT2D eigenvalue weighted by atomic mass is 35.5. The second kappa shape index (κ2) is 9.16. The lowest BCUT2D eigenvalue weighted by atomic mass is 9.79. The number of nitriles is 1. The molecule has 1 atom stereocenters. The Labute approximate surface area is 190 Å². The topological polar surface area (TPSA) is 56.1 Å². The smallest absolute Gasteiger partial charge is 0.266 e. The number of fused-ring (bicyclic) bond motifs is 1. The second-order valence-corrected chi connectivity index (χ2v) is 9.14. The molecule has 5 heteroatoms. The van der Waals surface area contributed by atoms with Gasteiger partial charge in [0.1, 0.15) is 11.6 Å². The maximum absolute atomic E-state index is 12.8. The summed E-state index contributed by atoms with van der Waals surface area (Å²) in [6.07, 6.45) is 3.41. The number of para-hydroxylation sites is 1. The zero-order valence-electron chi connectivity index (χ0n) is 18.9. The summed E-state index contributed by atoms with van der Waals surface area (Å²) >= 11 is 6.63. The summed E-state index contributed by atoms with van der Waals surface area (Å²) in [5.74, 6) is -0.0745. The Kier molecular flexibility index (Phi) is 6.77. The molecule has 0 radical (unpaired) electrons. The molecule has 0 saturated carbocycles. The lowest BCUT2D eigenvalue weighted by molar-refractivity contribution is -0.112. The number of benzene rings is 2. The summed E-state index contributed by atoms with van der Waals surface area (Å²) in [5.41, 5.74) is 4.85. The number of hydrogen-bond donors (Lipinski definition) is 1. The molecule has 1 aliphatic heterocycles. The lowest BCUT2D eigenvalue weighted by Crippen LogP contribution is -2.48. The first-order valence-electron chi connectivity index (χ1n) is 10.8. The quantitative estimate of drug-likeness (QED) is 0.427. The van der Waals surface area contributed by atoms with E-state index in [4.69, 9.17) is 11.6 Å². The molecule has 2 aromatic carbocycles. The number of rotatable bonds is 5. The minimum absolute atomic E-state index is 0.0314. The van der Waals surface area contributed by atoms with Crippen LogP contribution in [0, 0.1) is 11.3 Å². The maximum atomic E-state index is 12.8. The molecule has 4 nitrogen and oxygen atoms in total. The van der Waals surface area contributed by atoms with Crippen molar-refractivity contribution in [3.8, 4) is 6.07 Å². The van der Waals surface area contributed by atoms with Crippen LogP contribution in [0.5, 0.6) is 0 Å². The van der Waals surface area contributed by atoms with E-state index in [0.717, 1.165) is 36.3 Å². The number of nitrogens with zero attached hydrogens (tertiary/aromatic N) is 2. The summed E-state index contributed by atoms with van der Waals surface area (Å²) in [5, 5.41) is 13.1. The second-order valence-electron chi connectivity index (χ2n) is 8.73. The first-order valence-corrected chi connectivity index (χ1v) is 11.2. The van der Waals surface area contributed by atoms with Crippen LogP contribution in [0.3, 0.4) is 0 Å². The Morgan fingerprint density at radius 3 is 2.68 bits per heavy atom. The predicted octanol–water partition coefficient (Wildman–Crippen LogP) is 6.56. The Morgan fingerprint density at radius 2 is 2.03 bits per heavy atom. The summed E-state index contributed by atoms with van der Waals surface area (Å²) < 4.78 is 0. The van der Waals surface area contributed by atoms with E-state index in [1.54, 1.807) is 6.08 Å². The van der Waals surface area contributed by atoms with E-state index in [9.17, 15) is 10.1 Å². The summed E-state index contributed by atoms with van der Waals surface area (Å²) in [6, 6.07) is 13.7. The molecule has 162 valence electrons. The van der Waals surface area contributed by atoms with Gasteiger partial charge in [0, 0.05) is 28.5 Å². The van der Waals surface area contributed by atoms with Crippen molar-refractivity contribution >= 4 is 35.0 Å². The highest BCUT2D eigenvalue weighted by Gasteiger charge is 2.35. The van der Waals surface area contributed by atoms with Crippen LogP contribution >= 0.6 is 11.6 Å². The van der Waals surface area contributed by atoms with Crippen molar-refractivity contribution in [3.63, 3.8) is 0 Å². The average Bonchev–Trinajstić information content (AvgIpc) is 2.72. The molecule has 0 spiro atoms. The van der Waals surface area contributed by atoms with E-state index in [1.807, 2.05) is 49.4 Å². The van der Waals surface area contributed by atoms with Gasteiger partial charge >= 0.3 is 0 Å². The normalized spacial score (nSPS) is 17.6. The van der Waals surface area contributed by atoms with Crippen LogP contribution in [0.2, 0.25) is 5.02 Å². The van der Waals surface area contributed by atoms with Crippen LogP contribution in [-0.4, -0.2) is 18.0 Å². The van der Waals surface area contributed by atoms with Crippen molar-refractivity contribution in [2.75, 3.05) is 16.8 Å². The Morgan fingerprint density at radius 1 is 1.32 bits per heavy atom. The Balaban J connectivity index is 1.98. The molecule has 3 rings (SSSR count). The molecule has 0 fully saturated rings. The van der Waals surface area contributed by atoms with E-state index in [2.05, 4.69) is 37.9 Å².